The Labute approximate surface area is 147 Å². The van der Waals surface area contributed by atoms with Gasteiger partial charge in [0.25, 0.3) is 0 Å². The molecule has 22 heavy (non-hydrogen) atoms. The van der Waals surface area contributed by atoms with Crippen LogP contribution in [0.4, 0.5) is 0 Å². The van der Waals surface area contributed by atoms with Crippen molar-refractivity contribution in [2.24, 2.45) is 10.7 Å². The first-order valence-corrected chi connectivity index (χ1v) is 6.56. The standard InChI is InChI=1S/C14H22N4O3.HI/c1-10(19)16-6-7-17-14(15)18-9-11-4-5-12(20-2)13(8-11)21-3;/h4-5,8H,6-7,9H2,1-3H3,(H,16,19)(H3,15,17,18);1H. The number of amides is 1. The number of nitrogens with zero attached hydrogens (tertiary/aromatic N) is 1. The first-order valence-electron chi connectivity index (χ1n) is 6.56. The zero-order valence-corrected chi connectivity index (χ0v) is 15.3. The van der Waals surface area contributed by atoms with E-state index in [4.69, 9.17) is 15.2 Å². The molecule has 0 aromatic heterocycles. The number of carbonyl (C=O) groups is 1. The molecule has 4 N–H and O–H groups in total. The van der Waals surface area contributed by atoms with Gasteiger partial charge in [-0.3, -0.25) is 4.79 Å². The second-order valence-electron chi connectivity index (χ2n) is 4.30. The number of halogens is 1. The van der Waals surface area contributed by atoms with Crippen LogP contribution in [-0.2, 0) is 11.3 Å². The van der Waals surface area contributed by atoms with Gasteiger partial charge in [0.05, 0.1) is 20.8 Å². The molecule has 0 radical (unpaired) electrons. The van der Waals surface area contributed by atoms with E-state index >= 15 is 0 Å². The van der Waals surface area contributed by atoms with Crippen LogP contribution >= 0.6 is 24.0 Å². The Morgan fingerprint density at radius 3 is 2.41 bits per heavy atom. The van der Waals surface area contributed by atoms with Crippen molar-refractivity contribution in [3.8, 4) is 11.5 Å². The summed E-state index contributed by atoms with van der Waals surface area (Å²) in [6.45, 7) is 2.93. The first kappa shape index (κ1) is 20.3. The molecule has 8 heteroatoms. The van der Waals surface area contributed by atoms with Gasteiger partial charge in [-0.25, -0.2) is 4.99 Å². The average Bonchev–Trinajstić information content (AvgIpc) is 2.48. The Balaban J connectivity index is 0.00000441. The Morgan fingerprint density at radius 1 is 1.18 bits per heavy atom. The predicted molar refractivity (Wildman–Crippen MR) is 97.0 cm³/mol. The predicted octanol–water partition coefficient (Wildman–Crippen LogP) is 0.862. The molecule has 0 atom stereocenters. The van der Waals surface area contributed by atoms with E-state index in [0.29, 0.717) is 37.1 Å². The van der Waals surface area contributed by atoms with Crippen LogP contribution < -0.4 is 25.8 Å². The maximum absolute atomic E-state index is 10.7. The topological polar surface area (TPSA) is 98.0 Å². The van der Waals surface area contributed by atoms with Gasteiger partial charge >= 0.3 is 0 Å². The molecule has 1 rings (SSSR count). The summed E-state index contributed by atoms with van der Waals surface area (Å²) in [7, 11) is 3.18. The van der Waals surface area contributed by atoms with Crippen LogP contribution in [0.5, 0.6) is 11.5 Å². The largest absolute Gasteiger partial charge is 0.493 e. The number of nitrogens with two attached hydrogens (primary N) is 1. The second-order valence-corrected chi connectivity index (χ2v) is 4.30. The van der Waals surface area contributed by atoms with Gasteiger partial charge in [0.15, 0.2) is 17.5 Å². The Morgan fingerprint density at radius 2 is 1.82 bits per heavy atom. The quantitative estimate of drug-likeness (QED) is 0.262. The van der Waals surface area contributed by atoms with Crippen molar-refractivity contribution < 1.29 is 14.3 Å². The monoisotopic (exact) mass is 422 g/mol. The third kappa shape index (κ3) is 7.34. The molecule has 0 heterocycles. The summed E-state index contributed by atoms with van der Waals surface area (Å²) in [5, 5.41) is 5.58. The van der Waals surface area contributed by atoms with Crippen LogP contribution in [0.1, 0.15) is 12.5 Å². The van der Waals surface area contributed by atoms with Crippen LogP contribution in [0.3, 0.4) is 0 Å². The average molecular weight is 422 g/mol. The molecule has 0 aliphatic carbocycles. The van der Waals surface area contributed by atoms with Crippen molar-refractivity contribution in [3.05, 3.63) is 23.8 Å². The van der Waals surface area contributed by atoms with E-state index in [-0.39, 0.29) is 29.9 Å². The number of carbonyl (C=O) groups excluding carboxylic acids is 1. The number of ether oxygens (including phenoxy) is 2. The van der Waals surface area contributed by atoms with Crippen molar-refractivity contribution in [1.82, 2.24) is 10.6 Å². The van der Waals surface area contributed by atoms with Gasteiger partial charge in [-0.15, -0.1) is 24.0 Å². The van der Waals surface area contributed by atoms with Crippen LogP contribution in [0.25, 0.3) is 0 Å². The van der Waals surface area contributed by atoms with Gasteiger partial charge in [-0.2, -0.15) is 0 Å². The smallest absolute Gasteiger partial charge is 0.216 e. The molecular weight excluding hydrogens is 399 g/mol. The van der Waals surface area contributed by atoms with E-state index in [2.05, 4.69) is 15.6 Å². The van der Waals surface area contributed by atoms with Crippen LogP contribution in [0.15, 0.2) is 23.2 Å². The highest BCUT2D eigenvalue weighted by Gasteiger charge is 2.04. The Bertz CT molecular complexity index is 509. The maximum atomic E-state index is 10.7. The summed E-state index contributed by atoms with van der Waals surface area (Å²) in [4.78, 5) is 14.9. The highest BCUT2D eigenvalue weighted by Crippen LogP contribution is 2.27. The number of hydrogen-bond donors (Lipinski definition) is 3. The van der Waals surface area contributed by atoms with Gasteiger partial charge in [-0.05, 0) is 17.7 Å². The third-order valence-corrected chi connectivity index (χ3v) is 2.68. The van der Waals surface area contributed by atoms with E-state index in [1.54, 1.807) is 14.2 Å². The molecule has 0 aliphatic rings. The Hall–Kier alpha value is -1.71. The van der Waals surface area contributed by atoms with Gasteiger partial charge < -0.3 is 25.8 Å². The summed E-state index contributed by atoms with van der Waals surface area (Å²) in [5.74, 6) is 1.58. The van der Waals surface area contributed by atoms with Gasteiger partial charge in [0.2, 0.25) is 5.91 Å². The molecule has 0 aliphatic heterocycles. The minimum absolute atomic E-state index is 0. The Kier molecular flexibility index (Phi) is 10.1. The van der Waals surface area contributed by atoms with Crippen LogP contribution in [0.2, 0.25) is 0 Å². The molecule has 1 aromatic rings. The molecule has 1 amide bonds. The minimum atomic E-state index is -0.0716. The molecule has 0 unspecified atom stereocenters. The lowest BCUT2D eigenvalue weighted by Crippen LogP contribution is -2.37. The van der Waals surface area contributed by atoms with Crippen LogP contribution in [-0.4, -0.2) is 39.2 Å². The summed E-state index contributed by atoms with van der Waals surface area (Å²) in [5.41, 5.74) is 6.69. The zero-order valence-electron chi connectivity index (χ0n) is 13.0. The highest BCUT2D eigenvalue weighted by molar-refractivity contribution is 14.0. The lowest BCUT2D eigenvalue weighted by molar-refractivity contribution is -0.118. The SMILES string of the molecule is COc1ccc(CN=C(N)NCCNC(C)=O)cc1OC.I. The van der Waals surface area contributed by atoms with Crippen molar-refractivity contribution in [2.45, 2.75) is 13.5 Å². The molecule has 0 fully saturated rings. The van der Waals surface area contributed by atoms with Crippen molar-refractivity contribution in [2.75, 3.05) is 27.3 Å². The molecule has 0 spiro atoms. The lowest BCUT2D eigenvalue weighted by Gasteiger charge is -2.09. The second kappa shape index (κ2) is 10.9. The molecule has 124 valence electrons. The summed E-state index contributed by atoms with van der Waals surface area (Å²) in [6, 6.07) is 5.58. The minimum Gasteiger partial charge on any atom is -0.493 e. The number of hydrogen-bond acceptors (Lipinski definition) is 4. The van der Waals surface area contributed by atoms with E-state index in [0.717, 1.165) is 5.56 Å². The number of benzene rings is 1. The molecule has 0 saturated heterocycles. The summed E-state index contributed by atoms with van der Waals surface area (Å²) < 4.78 is 10.4. The van der Waals surface area contributed by atoms with E-state index in [1.807, 2.05) is 18.2 Å². The molecule has 7 nitrogen and oxygen atoms in total. The van der Waals surface area contributed by atoms with Gasteiger partial charge in [-0.1, -0.05) is 6.07 Å². The van der Waals surface area contributed by atoms with Crippen LogP contribution in [0, 0.1) is 0 Å². The number of rotatable bonds is 7. The fraction of sp³-hybridized carbons (Fsp3) is 0.429. The molecule has 0 bridgehead atoms. The third-order valence-electron chi connectivity index (χ3n) is 2.68. The molecular formula is C14H23IN4O3. The maximum Gasteiger partial charge on any atom is 0.216 e. The normalized spacial score (nSPS) is 10.4. The molecule has 0 saturated carbocycles. The van der Waals surface area contributed by atoms with Crippen molar-refractivity contribution in [1.29, 1.82) is 0 Å². The number of nitrogens with one attached hydrogen (secondary N) is 2. The fourth-order valence-electron chi connectivity index (χ4n) is 1.64. The van der Waals surface area contributed by atoms with Gasteiger partial charge in [0.1, 0.15) is 0 Å². The highest BCUT2D eigenvalue weighted by atomic mass is 127. The van der Waals surface area contributed by atoms with E-state index < -0.39 is 0 Å². The number of aliphatic imine (C=N–C) groups is 1. The van der Waals surface area contributed by atoms with Gasteiger partial charge in [0, 0.05) is 20.0 Å². The number of guanidine groups is 1. The zero-order chi connectivity index (χ0) is 15.7. The number of methoxy groups -OCH3 is 2. The summed E-state index contributed by atoms with van der Waals surface area (Å²) in [6.07, 6.45) is 0. The van der Waals surface area contributed by atoms with E-state index in [1.165, 1.54) is 6.92 Å². The van der Waals surface area contributed by atoms with Crippen molar-refractivity contribution >= 4 is 35.8 Å². The first-order chi connectivity index (χ1) is 10.1. The summed E-state index contributed by atoms with van der Waals surface area (Å²) >= 11 is 0. The molecule has 1 aromatic carbocycles. The van der Waals surface area contributed by atoms with E-state index in [9.17, 15) is 4.79 Å². The van der Waals surface area contributed by atoms with Crippen molar-refractivity contribution in [3.63, 3.8) is 0 Å². The fourth-order valence-corrected chi connectivity index (χ4v) is 1.64. The lowest BCUT2D eigenvalue weighted by atomic mass is 10.2.